The summed E-state index contributed by atoms with van der Waals surface area (Å²) >= 11 is 0. The van der Waals surface area contributed by atoms with E-state index >= 15 is 0 Å². The number of likely N-dealkylation sites (tertiary alicyclic amines) is 1. The van der Waals surface area contributed by atoms with Gasteiger partial charge in [-0.25, -0.2) is 4.79 Å². The number of aromatic amines is 1. The van der Waals surface area contributed by atoms with Crippen molar-refractivity contribution in [1.82, 2.24) is 9.55 Å². The van der Waals surface area contributed by atoms with Gasteiger partial charge in [0.15, 0.2) is 12.2 Å². The van der Waals surface area contributed by atoms with Crippen molar-refractivity contribution in [2.45, 2.75) is 66.5 Å². The van der Waals surface area contributed by atoms with Crippen LogP contribution in [-0.2, 0) is 11.3 Å². The van der Waals surface area contributed by atoms with Gasteiger partial charge in [0, 0.05) is 13.1 Å². The summed E-state index contributed by atoms with van der Waals surface area (Å²) in [5, 5.41) is 0. The molecule has 28 heavy (non-hydrogen) atoms. The summed E-state index contributed by atoms with van der Waals surface area (Å²) in [5.74, 6) is 0.274. The Morgan fingerprint density at radius 3 is 2.50 bits per heavy atom. The molecule has 1 aliphatic heterocycles. The van der Waals surface area contributed by atoms with Crippen LogP contribution in [0.5, 0.6) is 0 Å². The second kappa shape index (κ2) is 9.41. The van der Waals surface area contributed by atoms with E-state index in [1.54, 1.807) is 0 Å². The van der Waals surface area contributed by atoms with Crippen LogP contribution in [0.2, 0.25) is 0 Å². The Balaban J connectivity index is 2.43. The molecule has 1 aromatic rings. The average molecular weight is 395 g/mol. The van der Waals surface area contributed by atoms with Gasteiger partial charge in [-0.3, -0.25) is 24.0 Å². The number of amides is 1. The number of nitrogens with two attached hydrogens (primary N) is 1. The lowest BCUT2D eigenvalue weighted by Gasteiger charge is -2.32. The van der Waals surface area contributed by atoms with Crippen molar-refractivity contribution in [2.24, 2.45) is 11.8 Å². The first-order chi connectivity index (χ1) is 13.1. The second-order valence-corrected chi connectivity index (χ2v) is 8.88. The Morgan fingerprint density at radius 2 is 1.93 bits per heavy atom. The minimum absolute atomic E-state index is 0.0677. The molecule has 8 heteroatoms. The summed E-state index contributed by atoms with van der Waals surface area (Å²) in [6, 6.07) is 0.420. The first-order valence-electron chi connectivity index (χ1n) is 10.4. The van der Waals surface area contributed by atoms with E-state index in [4.69, 9.17) is 5.73 Å². The van der Waals surface area contributed by atoms with Crippen LogP contribution in [0.3, 0.4) is 0 Å². The monoisotopic (exact) mass is 394 g/mol. The Kier molecular flexibility index (Phi) is 7.46. The Bertz CT molecular complexity index is 796. The van der Waals surface area contributed by atoms with Gasteiger partial charge in [0.05, 0.1) is 12.6 Å². The number of nitrogens with one attached hydrogen (secondary N) is 2. The predicted octanol–water partition coefficient (Wildman–Crippen LogP) is 0.221. The quantitative estimate of drug-likeness (QED) is 0.615. The third kappa shape index (κ3) is 5.25. The normalized spacial score (nSPS) is 20.0. The number of carbonyl (C=O) groups is 1. The zero-order chi connectivity index (χ0) is 21.0. The van der Waals surface area contributed by atoms with E-state index in [0.717, 1.165) is 19.4 Å². The van der Waals surface area contributed by atoms with Crippen molar-refractivity contribution < 1.29 is 9.69 Å². The fourth-order valence-electron chi connectivity index (χ4n) is 3.87. The van der Waals surface area contributed by atoms with Crippen LogP contribution in [-0.4, -0.2) is 41.1 Å². The van der Waals surface area contributed by atoms with E-state index in [-0.39, 0.29) is 29.2 Å². The zero-order valence-electron chi connectivity index (χ0n) is 17.9. The van der Waals surface area contributed by atoms with Gasteiger partial charge in [-0.1, -0.05) is 27.7 Å². The number of nitrogen functional groups attached to an aromatic ring is 1. The minimum atomic E-state index is -0.599. The van der Waals surface area contributed by atoms with E-state index in [1.165, 1.54) is 20.8 Å². The van der Waals surface area contributed by atoms with Crippen molar-refractivity contribution in [1.29, 1.82) is 0 Å². The van der Waals surface area contributed by atoms with Crippen LogP contribution >= 0.6 is 0 Å². The molecule has 2 atom stereocenters. The van der Waals surface area contributed by atoms with Crippen molar-refractivity contribution >= 4 is 17.4 Å². The van der Waals surface area contributed by atoms with Gasteiger partial charge in [0.1, 0.15) is 5.82 Å². The third-order valence-corrected chi connectivity index (χ3v) is 5.34. The number of anilines is 2. The van der Waals surface area contributed by atoms with Crippen LogP contribution < -0.4 is 26.8 Å². The molecule has 1 unspecified atom stereocenters. The van der Waals surface area contributed by atoms with Crippen LogP contribution in [0.4, 0.5) is 11.5 Å². The molecule has 1 aliphatic rings. The number of hydrogen-bond donors (Lipinski definition) is 3. The molecule has 0 bridgehead atoms. The SMILES string of the molecule is CC(C)CN(C(=O)C[NH+]1CCCC[C@@H]1C)c1c(N)n(CC(C)C)c(=O)[nH]c1=O. The summed E-state index contributed by atoms with van der Waals surface area (Å²) in [6.45, 7) is 12.1. The average Bonchev–Trinajstić information content (AvgIpc) is 2.59. The number of aromatic nitrogens is 2. The lowest BCUT2D eigenvalue weighted by Crippen LogP contribution is -3.17. The van der Waals surface area contributed by atoms with Gasteiger partial charge >= 0.3 is 5.69 Å². The molecule has 0 aliphatic carbocycles. The lowest BCUT2D eigenvalue weighted by atomic mass is 10.0. The van der Waals surface area contributed by atoms with Crippen molar-refractivity contribution in [2.75, 3.05) is 30.3 Å². The largest absolute Gasteiger partial charge is 0.383 e. The first kappa shape index (κ1) is 22.2. The number of carbonyl (C=O) groups excluding carboxylic acids is 1. The van der Waals surface area contributed by atoms with Crippen LogP contribution in [0, 0.1) is 11.8 Å². The van der Waals surface area contributed by atoms with Gasteiger partial charge in [0.25, 0.3) is 11.5 Å². The summed E-state index contributed by atoms with van der Waals surface area (Å²) in [4.78, 5) is 43.2. The van der Waals surface area contributed by atoms with Gasteiger partial charge < -0.3 is 10.6 Å². The zero-order valence-corrected chi connectivity index (χ0v) is 17.9. The maximum atomic E-state index is 13.2. The van der Waals surface area contributed by atoms with Gasteiger partial charge in [0.2, 0.25) is 0 Å². The highest BCUT2D eigenvalue weighted by Gasteiger charge is 2.30. The Hall–Kier alpha value is -2.09. The number of hydrogen-bond acceptors (Lipinski definition) is 4. The van der Waals surface area contributed by atoms with Crippen LogP contribution in [0.1, 0.15) is 53.9 Å². The van der Waals surface area contributed by atoms with Crippen molar-refractivity contribution in [3.8, 4) is 0 Å². The number of piperidine rings is 1. The highest BCUT2D eigenvalue weighted by molar-refractivity contribution is 5.96. The molecule has 1 fully saturated rings. The highest BCUT2D eigenvalue weighted by atomic mass is 16.2. The molecule has 0 saturated carbocycles. The van der Waals surface area contributed by atoms with E-state index in [9.17, 15) is 14.4 Å². The molecule has 2 rings (SSSR count). The smallest absolute Gasteiger partial charge is 0.330 e. The standard InChI is InChI=1S/C20H35N5O3/c1-13(2)10-24(16(26)12-23-9-7-6-8-15(23)5)17-18(21)25(11-14(3)4)20(28)22-19(17)27/h13-15H,6-12,21H2,1-5H3,(H,22,27,28)/p+1/t15-/m0/s1. The fraction of sp³-hybridized carbons (Fsp3) is 0.750. The molecule has 158 valence electrons. The maximum Gasteiger partial charge on any atom is 0.330 e. The molecular weight excluding hydrogens is 358 g/mol. The van der Waals surface area contributed by atoms with Crippen molar-refractivity contribution in [3.05, 3.63) is 20.8 Å². The summed E-state index contributed by atoms with van der Waals surface area (Å²) in [5.41, 5.74) is 5.22. The van der Waals surface area contributed by atoms with E-state index in [1.807, 2.05) is 27.7 Å². The minimum Gasteiger partial charge on any atom is -0.383 e. The van der Waals surface area contributed by atoms with Gasteiger partial charge in [-0.15, -0.1) is 0 Å². The molecule has 1 aromatic heterocycles. The molecular formula is C20H36N5O3+. The summed E-state index contributed by atoms with van der Waals surface area (Å²) < 4.78 is 1.36. The number of H-pyrrole nitrogens is 1. The molecule has 1 amide bonds. The molecule has 4 N–H and O–H groups in total. The second-order valence-electron chi connectivity index (χ2n) is 8.88. The molecule has 0 radical (unpaired) electrons. The topological polar surface area (TPSA) is 106 Å². The predicted molar refractivity (Wildman–Crippen MR) is 112 cm³/mol. The summed E-state index contributed by atoms with van der Waals surface area (Å²) in [7, 11) is 0. The molecule has 1 saturated heterocycles. The van der Waals surface area contributed by atoms with Crippen molar-refractivity contribution in [3.63, 3.8) is 0 Å². The molecule has 8 nitrogen and oxygen atoms in total. The van der Waals surface area contributed by atoms with E-state index in [0.29, 0.717) is 25.7 Å². The fourth-order valence-corrected chi connectivity index (χ4v) is 3.87. The summed E-state index contributed by atoms with van der Waals surface area (Å²) in [6.07, 6.45) is 3.41. The Labute approximate surface area is 166 Å². The number of nitrogens with zero attached hydrogens (tertiary/aromatic N) is 2. The first-order valence-corrected chi connectivity index (χ1v) is 10.4. The maximum absolute atomic E-state index is 13.2. The third-order valence-electron chi connectivity index (χ3n) is 5.34. The van der Waals surface area contributed by atoms with Gasteiger partial charge in [-0.2, -0.15) is 0 Å². The number of rotatable bonds is 7. The van der Waals surface area contributed by atoms with Crippen LogP contribution in [0.15, 0.2) is 9.59 Å². The van der Waals surface area contributed by atoms with E-state index < -0.39 is 11.2 Å². The Morgan fingerprint density at radius 1 is 1.25 bits per heavy atom. The van der Waals surface area contributed by atoms with E-state index in [2.05, 4.69) is 11.9 Å². The number of quaternary nitrogens is 1. The lowest BCUT2D eigenvalue weighted by molar-refractivity contribution is -0.920. The molecule has 2 heterocycles. The molecule has 0 spiro atoms. The molecule has 0 aromatic carbocycles. The highest BCUT2D eigenvalue weighted by Crippen LogP contribution is 2.19. The van der Waals surface area contributed by atoms with Gasteiger partial charge in [-0.05, 0) is 38.0 Å². The van der Waals surface area contributed by atoms with Crippen LogP contribution in [0.25, 0.3) is 0 Å².